The number of ether oxygens (including phenoxy) is 2. The van der Waals surface area contributed by atoms with Crippen molar-refractivity contribution in [3.63, 3.8) is 0 Å². The lowest BCUT2D eigenvalue weighted by Crippen LogP contribution is -2.33. The van der Waals surface area contributed by atoms with Crippen molar-refractivity contribution >= 4 is 16.9 Å². The molecule has 1 aromatic heterocycles. The molecule has 0 saturated heterocycles. The first-order valence-electron chi connectivity index (χ1n) is 9.66. The monoisotopic (exact) mass is 379 g/mol. The van der Waals surface area contributed by atoms with Gasteiger partial charge in [-0.2, -0.15) is 0 Å². The van der Waals surface area contributed by atoms with Crippen molar-refractivity contribution in [2.24, 2.45) is 13.0 Å². The number of rotatable bonds is 4. The zero-order valence-electron chi connectivity index (χ0n) is 16.4. The van der Waals surface area contributed by atoms with E-state index in [1.165, 1.54) is 0 Å². The van der Waals surface area contributed by atoms with E-state index in [0.29, 0.717) is 30.3 Å². The number of amides is 1. The summed E-state index contributed by atoms with van der Waals surface area (Å²) in [6, 6.07) is 13.1. The number of nitrogens with one attached hydrogen (secondary N) is 1. The Kier molecular flexibility index (Phi) is 4.94. The fourth-order valence-electron chi connectivity index (χ4n) is 3.50. The molecule has 6 heteroatoms. The third-order valence-electron chi connectivity index (χ3n) is 5.06. The first-order valence-corrected chi connectivity index (χ1v) is 9.66. The molecule has 146 valence electrons. The number of aromatic nitrogens is 2. The van der Waals surface area contributed by atoms with Crippen LogP contribution in [0.4, 0.5) is 0 Å². The third-order valence-corrected chi connectivity index (χ3v) is 5.06. The SMILES string of the molecule is CC(C)[C@H](NC(=O)c1ccc2c(c1)OCCCO2)c1nc2ccccc2n1C. The van der Waals surface area contributed by atoms with E-state index in [9.17, 15) is 4.79 Å². The van der Waals surface area contributed by atoms with E-state index < -0.39 is 0 Å². The molecule has 1 N–H and O–H groups in total. The van der Waals surface area contributed by atoms with Crippen LogP contribution in [0, 0.1) is 5.92 Å². The number of aryl methyl sites for hydroxylation is 1. The Balaban J connectivity index is 1.62. The number of para-hydroxylation sites is 2. The van der Waals surface area contributed by atoms with Crippen molar-refractivity contribution < 1.29 is 14.3 Å². The summed E-state index contributed by atoms with van der Waals surface area (Å²) in [5.41, 5.74) is 2.53. The lowest BCUT2D eigenvalue weighted by Gasteiger charge is -2.22. The highest BCUT2D eigenvalue weighted by Gasteiger charge is 2.25. The highest BCUT2D eigenvalue weighted by atomic mass is 16.5. The van der Waals surface area contributed by atoms with Gasteiger partial charge in [0, 0.05) is 19.0 Å². The second-order valence-corrected chi connectivity index (χ2v) is 7.42. The van der Waals surface area contributed by atoms with Gasteiger partial charge in [-0.15, -0.1) is 0 Å². The maximum Gasteiger partial charge on any atom is 0.252 e. The number of carbonyl (C=O) groups excluding carboxylic acids is 1. The van der Waals surface area contributed by atoms with Crippen LogP contribution in [0.2, 0.25) is 0 Å². The van der Waals surface area contributed by atoms with Crippen LogP contribution in [-0.4, -0.2) is 28.7 Å². The number of nitrogens with zero attached hydrogens (tertiary/aromatic N) is 2. The molecular weight excluding hydrogens is 354 g/mol. The number of benzene rings is 2. The molecule has 0 spiro atoms. The molecule has 1 aliphatic heterocycles. The van der Waals surface area contributed by atoms with Crippen molar-refractivity contribution in [1.29, 1.82) is 0 Å². The van der Waals surface area contributed by atoms with Gasteiger partial charge in [-0.1, -0.05) is 26.0 Å². The molecule has 0 saturated carbocycles. The summed E-state index contributed by atoms with van der Waals surface area (Å²) in [5, 5.41) is 3.15. The summed E-state index contributed by atoms with van der Waals surface area (Å²) < 4.78 is 13.4. The molecule has 3 aromatic rings. The first kappa shape index (κ1) is 18.3. The predicted octanol–water partition coefficient (Wildman–Crippen LogP) is 3.86. The summed E-state index contributed by atoms with van der Waals surface area (Å²) in [6.07, 6.45) is 0.832. The smallest absolute Gasteiger partial charge is 0.252 e. The Labute approximate surface area is 164 Å². The van der Waals surface area contributed by atoms with E-state index >= 15 is 0 Å². The highest BCUT2D eigenvalue weighted by molar-refractivity contribution is 5.95. The fraction of sp³-hybridized carbons (Fsp3) is 0.364. The van der Waals surface area contributed by atoms with Gasteiger partial charge in [0.2, 0.25) is 0 Å². The highest BCUT2D eigenvalue weighted by Crippen LogP contribution is 2.31. The van der Waals surface area contributed by atoms with Gasteiger partial charge in [-0.3, -0.25) is 4.79 Å². The maximum absolute atomic E-state index is 13.0. The minimum absolute atomic E-state index is 0.151. The number of hydrogen-bond acceptors (Lipinski definition) is 4. The van der Waals surface area contributed by atoms with Crippen LogP contribution < -0.4 is 14.8 Å². The van der Waals surface area contributed by atoms with Crippen molar-refractivity contribution in [3.05, 3.63) is 53.9 Å². The van der Waals surface area contributed by atoms with Crippen molar-refractivity contribution in [3.8, 4) is 11.5 Å². The van der Waals surface area contributed by atoms with Crippen LogP contribution in [0.1, 0.15) is 42.5 Å². The van der Waals surface area contributed by atoms with Crippen LogP contribution in [0.3, 0.4) is 0 Å². The molecule has 4 rings (SSSR count). The van der Waals surface area contributed by atoms with Gasteiger partial charge in [0.15, 0.2) is 11.5 Å². The molecule has 0 bridgehead atoms. The van der Waals surface area contributed by atoms with Crippen LogP contribution in [0.25, 0.3) is 11.0 Å². The van der Waals surface area contributed by atoms with E-state index in [1.54, 1.807) is 18.2 Å². The van der Waals surface area contributed by atoms with E-state index in [2.05, 4.69) is 19.2 Å². The number of carbonyl (C=O) groups is 1. The molecule has 0 aliphatic carbocycles. The number of imidazole rings is 1. The Morgan fingerprint density at radius 3 is 2.61 bits per heavy atom. The Hall–Kier alpha value is -3.02. The zero-order chi connectivity index (χ0) is 19.7. The van der Waals surface area contributed by atoms with Gasteiger partial charge in [0.1, 0.15) is 5.82 Å². The number of hydrogen-bond donors (Lipinski definition) is 1. The minimum Gasteiger partial charge on any atom is -0.490 e. The average Bonchev–Trinajstić information content (AvgIpc) is 2.87. The van der Waals surface area contributed by atoms with Crippen LogP contribution in [0.5, 0.6) is 11.5 Å². The van der Waals surface area contributed by atoms with Gasteiger partial charge in [0.05, 0.1) is 30.3 Å². The van der Waals surface area contributed by atoms with Gasteiger partial charge < -0.3 is 19.4 Å². The molecular formula is C22H25N3O3. The lowest BCUT2D eigenvalue weighted by molar-refractivity contribution is 0.0922. The minimum atomic E-state index is -0.208. The topological polar surface area (TPSA) is 65.4 Å². The van der Waals surface area contributed by atoms with E-state index in [0.717, 1.165) is 23.3 Å². The van der Waals surface area contributed by atoms with Crippen LogP contribution in [-0.2, 0) is 7.05 Å². The summed E-state index contributed by atoms with van der Waals surface area (Å²) in [6.45, 7) is 5.38. The molecule has 1 amide bonds. The summed E-state index contributed by atoms with van der Waals surface area (Å²) >= 11 is 0. The van der Waals surface area contributed by atoms with Gasteiger partial charge in [-0.25, -0.2) is 4.98 Å². The maximum atomic E-state index is 13.0. The van der Waals surface area contributed by atoms with E-state index in [4.69, 9.17) is 14.5 Å². The van der Waals surface area contributed by atoms with E-state index in [1.807, 2.05) is 35.9 Å². The quantitative estimate of drug-likeness (QED) is 0.748. The third kappa shape index (κ3) is 3.42. The molecule has 2 heterocycles. The number of fused-ring (bicyclic) bond motifs is 2. The van der Waals surface area contributed by atoms with Crippen LogP contribution >= 0.6 is 0 Å². The Morgan fingerprint density at radius 2 is 1.86 bits per heavy atom. The summed E-state index contributed by atoms with van der Waals surface area (Å²) in [4.78, 5) is 17.8. The molecule has 28 heavy (non-hydrogen) atoms. The molecule has 0 unspecified atom stereocenters. The normalized spacial score (nSPS) is 14.7. The lowest BCUT2D eigenvalue weighted by atomic mass is 10.0. The van der Waals surface area contributed by atoms with Gasteiger partial charge >= 0.3 is 0 Å². The summed E-state index contributed by atoms with van der Waals surface area (Å²) in [7, 11) is 1.99. The molecule has 2 aromatic carbocycles. The molecule has 6 nitrogen and oxygen atoms in total. The van der Waals surface area contributed by atoms with Crippen molar-refractivity contribution in [2.75, 3.05) is 13.2 Å². The second kappa shape index (κ2) is 7.54. The zero-order valence-corrected chi connectivity index (χ0v) is 16.4. The largest absolute Gasteiger partial charge is 0.490 e. The Bertz CT molecular complexity index is 1010. The first-order chi connectivity index (χ1) is 13.5. The van der Waals surface area contributed by atoms with Crippen LogP contribution in [0.15, 0.2) is 42.5 Å². The molecule has 1 atom stereocenters. The van der Waals surface area contributed by atoms with Gasteiger partial charge in [0.25, 0.3) is 5.91 Å². The average molecular weight is 379 g/mol. The molecule has 1 aliphatic rings. The van der Waals surface area contributed by atoms with E-state index in [-0.39, 0.29) is 17.9 Å². The molecule has 0 radical (unpaired) electrons. The Morgan fingerprint density at radius 1 is 1.11 bits per heavy atom. The van der Waals surface area contributed by atoms with Crippen molar-refractivity contribution in [1.82, 2.24) is 14.9 Å². The molecule has 0 fully saturated rings. The fourth-order valence-corrected chi connectivity index (χ4v) is 3.50. The summed E-state index contributed by atoms with van der Waals surface area (Å²) in [5.74, 6) is 2.18. The standard InChI is InChI=1S/C22H25N3O3/c1-14(2)20(21-23-16-7-4-5-8-17(16)25(21)3)24-22(26)15-9-10-18-19(13-15)28-12-6-11-27-18/h4-5,7-10,13-14,20H,6,11-12H2,1-3H3,(H,24,26)/t20-/m0/s1. The van der Waals surface area contributed by atoms with Crippen molar-refractivity contribution in [2.45, 2.75) is 26.3 Å². The second-order valence-electron chi connectivity index (χ2n) is 7.42. The van der Waals surface area contributed by atoms with Gasteiger partial charge in [-0.05, 0) is 36.2 Å². The predicted molar refractivity (Wildman–Crippen MR) is 108 cm³/mol.